The van der Waals surface area contributed by atoms with Gasteiger partial charge < -0.3 is 10.6 Å². The number of thioether (sulfide) groups is 1. The van der Waals surface area contributed by atoms with E-state index >= 15 is 0 Å². The van der Waals surface area contributed by atoms with E-state index in [-0.39, 0.29) is 24.0 Å². The van der Waals surface area contributed by atoms with Crippen molar-refractivity contribution in [1.29, 1.82) is 0 Å². The maximum atomic E-state index is 4.35. The summed E-state index contributed by atoms with van der Waals surface area (Å²) in [6.07, 6.45) is 5.17. The van der Waals surface area contributed by atoms with Crippen LogP contribution >= 0.6 is 35.7 Å². The first-order valence-electron chi connectivity index (χ1n) is 8.00. The van der Waals surface area contributed by atoms with Crippen molar-refractivity contribution in [2.75, 3.05) is 25.9 Å². The minimum atomic E-state index is 0. The van der Waals surface area contributed by atoms with E-state index in [9.17, 15) is 0 Å². The highest BCUT2D eigenvalue weighted by Gasteiger charge is 2.22. The van der Waals surface area contributed by atoms with Crippen LogP contribution in [-0.4, -0.2) is 37.1 Å². The Morgan fingerprint density at radius 1 is 1.23 bits per heavy atom. The van der Waals surface area contributed by atoms with Crippen molar-refractivity contribution >= 4 is 41.7 Å². The minimum Gasteiger partial charge on any atom is -0.356 e. The Labute approximate surface area is 155 Å². The lowest BCUT2D eigenvalue weighted by Gasteiger charge is -2.17. The summed E-state index contributed by atoms with van der Waals surface area (Å²) in [6, 6.07) is 8.84. The third-order valence-electron chi connectivity index (χ3n) is 4.52. The summed E-state index contributed by atoms with van der Waals surface area (Å²) >= 11 is 2.08. The molecule has 1 aliphatic heterocycles. The largest absolute Gasteiger partial charge is 0.356 e. The number of hydrogen-bond acceptors (Lipinski definition) is 2. The van der Waals surface area contributed by atoms with Gasteiger partial charge in [-0.05, 0) is 42.6 Å². The number of hydrogen-bond donors (Lipinski definition) is 2. The number of rotatable bonds is 4. The van der Waals surface area contributed by atoms with Crippen molar-refractivity contribution in [3.8, 4) is 0 Å². The predicted octanol–water partition coefficient (Wildman–Crippen LogP) is 3.40. The Bertz CT molecular complexity index is 500. The van der Waals surface area contributed by atoms with E-state index in [1.54, 1.807) is 0 Å². The highest BCUT2D eigenvalue weighted by molar-refractivity contribution is 14.0. The quantitative estimate of drug-likeness (QED) is 0.436. The minimum absolute atomic E-state index is 0. The molecule has 1 aromatic carbocycles. The molecule has 0 aromatic heterocycles. The number of nitrogens with one attached hydrogen (secondary N) is 2. The first-order chi connectivity index (χ1) is 10.4. The molecule has 3 nitrogen and oxygen atoms in total. The van der Waals surface area contributed by atoms with E-state index < -0.39 is 0 Å². The molecule has 2 unspecified atom stereocenters. The molecule has 0 radical (unpaired) electrons. The zero-order chi connectivity index (χ0) is 14.5. The van der Waals surface area contributed by atoms with Crippen molar-refractivity contribution in [3.05, 3.63) is 35.4 Å². The molecular weight excluding hydrogens is 405 g/mol. The molecule has 0 amide bonds. The SMILES string of the molecule is CN=C(NCC1CCCS1)NCC1CCc2ccccc21.I. The number of guanidine groups is 1. The fraction of sp³-hybridized carbons (Fsp3) is 0.588. The van der Waals surface area contributed by atoms with Gasteiger partial charge in [-0.3, -0.25) is 4.99 Å². The number of benzene rings is 1. The van der Waals surface area contributed by atoms with Crippen LogP contribution in [0.1, 0.15) is 36.3 Å². The molecule has 1 fully saturated rings. The van der Waals surface area contributed by atoms with Crippen LogP contribution in [-0.2, 0) is 6.42 Å². The van der Waals surface area contributed by atoms with Gasteiger partial charge in [-0.2, -0.15) is 11.8 Å². The molecule has 2 N–H and O–H groups in total. The maximum Gasteiger partial charge on any atom is 0.191 e. The molecule has 0 spiro atoms. The van der Waals surface area contributed by atoms with Crippen LogP contribution in [0.3, 0.4) is 0 Å². The van der Waals surface area contributed by atoms with E-state index in [1.165, 1.54) is 42.6 Å². The van der Waals surface area contributed by atoms with E-state index in [0.717, 1.165) is 24.3 Å². The van der Waals surface area contributed by atoms with E-state index in [1.807, 2.05) is 7.05 Å². The normalized spacial score (nSPS) is 23.8. The molecule has 1 aliphatic carbocycles. The van der Waals surface area contributed by atoms with Gasteiger partial charge in [0.15, 0.2) is 5.96 Å². The Morgan fingerprint density at radius 2 is 2.05 bits per heavy atom. The number of nitrogens with zero attached hydrogens (tertiary/aromatic N) is 1. The first-order valence-corrected chi connectivity index (χ1v) is 9.05. The summed E-state index contributed by atoms with van der Waals surface area (Å²) in [7, 11) is 1.86. The average Bonchev–Trinajstić information content (AvgIpc) is 3.17. The second-order valence-electron chi connectivity index (χ2n) is 5.90. The van der Waals surface area contributed by atoms with Crippen LogP contribution in [0.15, 0.2) is 29.3 Å². The molecule has 2 atom stereocenters. The smallest absolute Gasteiger partial charge is 0.191 e. The van der Waals surface area contributed by atoms with Crippen molar-refractivity contribution in [1.82, 2.24) is 10.6 Å². The van der Waals surface area contributed by atoms with Gasteiger partial charge in [-0.15, -0.1) is 24.0 Å². The van der Waals surface area contributed by atoms with Crippen molar-refractivity contribution < 1.29 is 0 Å². The van der Waals surface area contributed by atoms with Gasteiger partial charge in [0.2, 0.25) is 0 Å². The molecule has 3 rings (SSSR count). The van der Waals surface area contributed by atoms with Crippen LogP contribution in [0.4, 0.5) is 0 Å². The molecule has 5 heteroatoms. The molecule has 122 valence electrons. The van der Waals surface area contributed by atoms with Crippen LogP contribution in [0.5, 0.6) is 0 Å². The lowest BCUT2D eigenvalue weighted by Crippen LogP contribution is -2.41. The summed E-state index contributed by atoms with van der Waals surface area (Å²) < 4.78 is 0. The lowest BCUT2D eigenvalue weighted by atomic mass is 10.0. The second-order valence-corrected chi connectivity index (χ2v) is 7.31. The molecule has 2 aliphatic rings. The molecule has 1 saturated heterocycles. The molecule has 0 saturated carbocycles. The van der Waals surface area contributed by atoms with E-state index in [2.05, 4.69) is 51.7 Å². The molecular formula is C17H26IN3S. The summed E-state index contributed by atoms with van der Waals surface area (Å²) in [5.74, 6) is 2.89. The molecule has 1 heterocycles. The number of fused-ring (bicyclic) bond motifs is 1. The Hall–Kier alpha value is -0.430. The highest BCUT2D eigenvalue weighted by Crippen LogP contribution is 2.32. The van der Waals surface area contributed by atoms with Crippen LogP contribution < -0.4 is 10.6 Å². The molecule has 22 heavy (non-hydrogen) atoms. The van der Waals surface area contributed by atoms with Gasteiger partial charge in [0.05, 0.1) is 0 Å². The Kier molecular flexibility index (Phi) is 7.34. The van der Waals surface area contributed by atoms with Gasteiger partial charge in [0, 0.05) is 31.3 Å². The number of halogens is 1. The van der Waals surface area contributed by atoms with Crippen molar-refractivity contribution in [2.45, 2.75) is 36.9 Å². The highest BCUT2D eigenvalue weighted by atomic mass is 127. The number of aliphatic imine (C=N–C) groups is 1. The van der Waals surface area contributed by atoms with Gasteiger partial charge in [-0.25, -0.2) is 0 Å². The van der Waals surface area contributed by atoms with Crippen LogP contribution in [0, 0.1) is 0 Å². The summed E-state index contributed by atoms with van der Waals surface area (Å²) in [5.41, 5.74) is 3.04. The molecule has 1 aromatic rings. The van der Waals surface area contributed by atoms with Crippen LogP contribution in [0.25, 0.3) is 0 Å². The summed E-state index contributed by atoms with van der Waals surface area (Å²) in [6.45, 7) is 2.01. The topological polar surface area (TPSA) is 36.4 Å². The fourth-order valence-corrected chi connectivity index (χ4v) is 4.51. The molecule has 0 bridgehead atoms. The van der Waals surface area contributed by atoms with Crippen molar-refractivity contribution in [2.24, 2.45) is 4.99 Å². The van der Waals surface area contributed by atoms with Gasteiger partial charge in [0.1, 0.15) is 0 Å². The van der Waals surface area contributed by atoms with Crippen LogP contribution in [0.2, 0.25) is 0 Å². The number of aryl methyl sites for hydroxylation is 1. The zero-order valence-corrected chi connectivity index (χ0v) is 16.3. The Balaban J connectivity index is 0.00000176. The maximum absolute atomic E-state index is 4.35. The van der Waals surface area contributed by atoms with Gasteiger partial charge >= 0.3 is 0 Å². The first kappa shape index (κ1) is 17.9. The standard InChI is InChI=1S/C17H25N3S.HI/c1-18-17(20-12-15-6-4-10-21-15)19-11-14-9-8-13-5-2-3-7-16(13)14;/h2-3,5,7,14-15H,4,6,8-12H2,1H3,(H2,18,19,20);1H. The third-order valence-corrected chi connectivity index (χ3v) is 5.92. The average molecular weight is 431 g/mol. The third kappa shape index (κ3) is 4.54. The van der Waals surface area contributed by atoms with Crippen molar-refractivity contribution in [3.63, 3.8) is 0 Å². The van der Waals surface area contributed by atoms with E-state index in [0.29, 0.717) is 5.92 Å². The second kappa shape index (κ2) is 9.01. The van der Waals surface area contributed by atoms with E-state index in [4.69, 9.17) is 0 Å². The summed E-state index contributed by atoms with van der Waals surface area (Å²) in [5, 5.41) is 7.74. The monoisotopic (exact) mass is 431 g/mol. The predicted molar refractivity (Wildman–Crippen MR) is 108 cm³/mol. The Morgan fingerprint density at radius 3 is 2.82 bits per heavy atom. The van der Waals surface area contributed by atoms with Gasteiger partial charge in [0.25, 0.3) is 0 Å². The van der Waals surface area contributed by atoms with Gasteiger partial charge in [-0.1, -0.05) is 24.3 Å². The zero-order valence-electron chi connectivity index (χ0n) is 13.2. The fourth-order valence-electron chi connectivity index (χ4n) is 3.31. The lowest BCUT2D eigenvalue weighted by molar-refractivity contribution is 0.638. The summed E-state index contributed by atoms with van der Waals surface area (Å²) in [4.78, 5) is 4.35.